The average molecular weight is 321 g/mol. The Bertz CT molecular complexity index is 678. The Labute approximate surface area is 133 Å². The van der Waals surface area contributed by atoms with Crippen molar-refractivity contribution < 1.29 is 9.90 Å². The van der Waals surface area contributed by atoms with E-state index < -0.39 is 0 Å². The highest BCUT2D eigenvalue weighted by Crippen LogP contribution is 2.21. The first-order valence-corrected chi connectivity index (χ1v) is 7.38. The Kier molecular flexibility index (Phi) is 5.43. The molecule has 0 atom stereocenters. The maximum atomic E-state index is 12.2. The summed E-state index contributed by atoms with van der Waals surface area (Å²) in [5.74, 6) is 0.397. The van der Waals surface area contributed by atoms with Gasteiger partial charge in [0.1, 0.15) is 5.75 Å². The summed E-state index contributed by atoms with van der Waals surface area (Å²) in [5.41, 5.74) is 1.96. The Morgan fingerprint density at radius 1 is 1.19 bits per heavy atom. The van der Waals surface area contributed by atoms with Gasteiger partial charge in [-0.05, 0) is 54.0 Å². The van der Waals surface area contributed by atoms with E-state index in [2.05, 4.69) is 0 Å². The minimum atomic E-state index is -0.147. The fourth-order valence-corrected chi connectivity index (χ4v) is 2.32. The number of aromatic hydroxyl groups is 1. The number of carbonyl (C=O) groups is 1. The number of phenols is 1. The molecule has 0 bridgehead atoms. The van der Waals surface area contributed by atoms with E-state index in [-0.39, 0.29) is 11.5 Å². The molecule has 1 N–H and O–H groups in total. The third kappa shape index (κ3) is 4.10. The number of halogens is 2. The normalized spacial score (nSPS) is 11.0. The molecule has 2 rings (SSSR count). The van der Waals surface area contributed by atoms with Crippen LogP contribution in [0.5, 0.6) is 5.75 Å². The van der Waals surface area contributed by atoms with Crippen molar-refractivity contribution in [3.63, 3.8) is 0 Å². The van der Waals surface area contributed by atoms with Crippen molar-refractivity contribution in [2.45, 2.75) is 6.42 Å². The summed E-state index contributed by atoms with van der Waals surface area (Å²) in [7, 11) is 0. The van der Waals surface area contributed by atoms with Crippen LogP contribution >= 0.6 is 23.2 Å². The molecule has 0 saturated carbocycles. The van der Waals surface area contributed by atoms with E-state index in [1.54, 1.807) is 24.3 Å². The van der Waals surface area contributed by atoms with Gasteiger partial charge in [-0.3, -0.25) is 4.79 Å². The number of alkyl halides is 1. The Morgan fingerprint density at radius 3 is 2.67 bits per heavy atom. The summed E-state index contributed by atoms with van der Waals surface area (Å²) in [6.07, 6.45) is 3.67. The molecule has 0 saturated heterocycles. The molecular weight excluding hydrogens is 307 g/mol. The number of benzene rings is 2. The number of hydrogen-bond donors (Lipinski definition) is 1. The highest BCUT2D eigenvalue weighted by molar-refractivity contribution is 6.32. The van der Waals surface area contributed by atoms with Gasteiger partial charge < -0.3 is 5.11 Å². The predicted octanol–water partition coefficient (Wildman–Crippen LogP) is 4.72. The summed E-state index contributed by atoms with van der Waals surface area (Å²) in [5, 5.41) is 10.3. The first kappa shape index (κ1) is 15.6. The largest absolute Gasteiger partial charge is 0.508 e. The van der Waals surface area contributed by atoms with E-state index in [4.69, 9.17) is 23.2 Å². The fraction of sp³-hybridized carbons (Fsp3) is 0.118. The minimum absolute atomic E-state index is 0.147. The maximum Gasteiger partial charge on any atom is 0.185 e. The second-order valence-corrected chi connectivity index (χ2v) is 5.29. The van der Waals surface area contributed by atoms with Gasteiger partial charge in [-0.2, -0.15) is 0 Å². The molecule has 108 valence electrons. The molecule has 0 aliphatic rings. The maximum absolute atomic E-state index is 12.2. The molecule has 0 radical (unpaired) electrons. The lowest BCUT2D eigenvalue weighted by atomic mass is 10.0. The number of carbonyl (C=O) groups excluding carboxylic acids is 1. The lowest BCUT2D eigenvalue weighted by Crippen LogP contribution is -1.97. The van der Waals surface area contributed by atoms with E-state index in [0.29, 0.717) is 28.5 Å². The second-order valence-electron chi connectivity index (χ2n) is 4.50. The molecule has 4 heteroatoms. The summed E-state index contributed by atoms with van der Waals surface area (Å²) in [6, 6.07) is 12.1. The van der Waals surface area contributed by atoms with Gasteiger partial charge in [-0.25, -0.2) is 0 Å². The standard InChI is InChI=1S/C17H14Cl2O2/c18-10-9-14-11-13(6-8-17(14)21)16(20)7-5-12-3-1-2-4-15(12)19/h1-8,11,21H,9-10H2. The molecule has 2 nitrogen and oxygen atoms in total. The lowest BCUT2D eigenvalue weighted by Gasteiger charge is -2.04. The zero-order chi connectivity index (χ0) is 15.2. The molecule has 0 spiro atoms. The van der Waals surface area contributed by atoms with Gasteiger partial charge in [0.25, 0.3) is 0 Å². The summed E-state index contributed by atoms with van der Waals surface area (Å²) in [6.45, 7) is 0. The topological polar surface area (TPSA) is 37.3 Å². The Balaban J connectivity index is 2.21. The predicted molar refractivity (Wildman–Crippen MR) is 87.3 cm³/mol. The van der Waals surface area contributed by atoms with Crippen molar-refractivity contribution in [3.8, 4) is 5.75 Å². The highest BCUT2D eigenvalue weighted by Gasteiger charge is 2.07. The van der Waals surface area contributed by atoms with Crippen LogP contribution < -0.4 is 0 Å². The van der Waals surface area contributed by atoms with E-state index in [1.165, 1.54) is 12.1 Å². The molecule has 0 amide bonds. The van der Waals surface area contributed by atoms with Crippen LogP contribution in [0, 0.1) is 0 Å². The molecule has 0 aromatic heterocycles. The van der Waals surface area contributed by atoms with Gasteiger partial charge in [0.15, 0.2) is 5.78 Å². The average Bonchev–Trinajstić information content (AvgIpc) is 2.48. The van der Waals surface area contributed by atoms with Gasteiger partial charge in [-0.1, -0.05) is 29.8 Å². The lowest BCUT2D eigenvalue weighted by molar-refractivity contribution is 0.104. The van der Waals surface area contributed by atoms with E-state index in [1.807, 2.05) is 18.2 Å². The van der Waals surface area contributed by atoms with Crippen molar-refractivity contribution in [1.82, 2.24) is 0 Å². The van der Waals surface area contributed by atoms with E-state index >= 15 is 0 Å². The van der Waals surface area contributed by atoms with Gasteiger partial charge in [0.05, 0.1) is 0 Å². The molecule has 0 aliphatic heterocycles. The van der Waals surface area contributed by atoms with E-state index in [0.717, 1.165) is 5.56 Å². The van der Waals surface area contributed by atoms with Crippen molar-refractivity contribution >= 4 is 35.1 Å². The number of aryl methyl sites for hydroxylation is 1. The third-order valence-electron chi connectivity index (χ3n) is 3.05. The Morgan fingerprint density at radius 2 is 1.95 bits per heavy atom. The van der Waals surface area contributed by atoms with Gasteiger partial charge in [0.2, 0.25) is 0 Å². The number of rotatable bonds is 5. The first-order chi connectivity index (χ1) is 10.1. The van der Waals surface area contributed by atoms with Crippen molar-refractivity contribution in [2.24, 2.45) is 0 Å². The van der Waals surface area contributed by atoms with Crippen molar-refractivity contribution in [1.29, 1.82) is 0 Å². The van der Waals surface area contributed by atoms with Crippen LogP contribution in [-0.4, -0.2) is 16.8 Å². The van der Waals surface area contributed by atoms with E-state index in [9.17, 15) is 9.90 Å². The van der Waals surface area contributed by atoms with Crippen LogP contribution in [0.2, 0.25) is 5.02 Å². The zero-order valence-corrected chi connectivity index (χ0v) is 12.7. The van der Waals surface area contributed by atoms with Crippen LogP contribution in [0.25, 0.3) is 6.08 Å². The molecule has 0 unspecified atom stereocenters. The van der Waals surface area contributed by atoms with Crippen LogP contribution in [0.4, 0.5) is 0 Å². The number of phenolic OH excluding ortho intramolecular Hbond substituents is 1. The second kappa shape index (κ2) is 7.30. The summed E-state index contributed by atoms with van der Waals surface area (Å²) in [4.78, 5) is 12.2. The van der Waals surface area contributed by atoms with Gasteiger partial charge >= 0.3 is 0 Å². The number of allylic oxidation sites excluding steroid dienone is 1. The molecule has 0 aliphatic carbocycles. The molecule has 2 aromatic carbocycles. The molecule has 0 fully saturated rings. The van der Waals surface area contributed by atoms with Crippen molar-refractivity contribution in [2.75, 3.05) is 5.88 Å². The summed E-state index contributed by atoms with van der Waals surface area (Å²) >= 11 is 11.7. The van der Waals surface area contributed by atoms with Crippen LogP contribution in [0.3, 0.4) is 0 Å². The molecular formula is C17H14Cl2O2. The molecule has 0 heterocycles. The van der Waals surface area contributed by atoms with Crippen molar-refractivity contribution in [3.05, 3.63) is 70.3 Å². The highest BCUT2D eigenvalue weighted by atomic mass is 35.5. The molecule has 2 aromatic rings. The van der Waals surface area contributed by atoms with Gasteiger partial charge in [-0.15, -0.1) is 11.6 Å². The fourth-order valence-electron chi connectivity index (χ4n) is 1.91. The third-order valence-corrected chi connectivity index (χ3v) is 3.58. The van der Waals surface area contributed by atoms with Crippen LogP contribution in [0.1, 0.15) is 21.5 Å². The smallest absolute Gasteiger partial charge is 0.185 e. The van der Waals surface area contributed by atoms with Crippen LogP contribution in [0.15, 0.2) is 48.5 Å². The SMILES string of the molecule is O=C(C=Cc1ccccc1Cl)c1ccc(O)c(CCCl)c1. The Hall–Kier alpha value is -1.77. The quantitative estimate of drug-likeness (QED) is 0.491. The molecule has 21 heavy (non-hydrogen) atoms. The number of hydrogen-bond acceptors (Lipinski definition) is 2. The zero-order valence-electron chi connectivity index (χ0n) is 11.2. The van der Waals surface area contributed by atoms with Gasteiger partial charge in [0, 0.05) is 16.5 Å². The van der Waals surface area contributed by atoms with Crippen LogP contribution in [-0.2, 0) is 6.42 Å². The monoisotopic (exact) mass is 320 g/mol. The number of ketones is 1. The first-order valence-electron chi connectivity index (χ1n) is 6.46. The minimum Gasteiger partial charge on any atom is -0.508 e. The summed E-state index contributed by atoms with van der Waals surface area (Å²) < 4.78 is 0.